The number of halogens is 4. The molecule has 0 saturated heterocycles. The third-order valence-corrected chi connectivity index (χ3v) is 4.85. The van der Waals surface area contributed by atoms with E-state index in [0.717, 1.165) is 24.3 Å². The number of benzene rings is 3. The van der Waals surface area contributed by atoms with Crippen LogP contribution >= 0.6 is 0 Å². The molecule has 1 atom stereocenters. The molecule has 0 aliphatic carbocycles. The van der Waals surface area contributed by atoms with Gasteiger partial charge in [-0.3, -0.25) is 9.59 Å². The first-order valence-corrected chi connectivity index (χ1v) is 9.78. The van der Waals surface area contributed by atoms with E-state index in [1.807, 2.05) is 13.8 Å². The molecule has 0 aromatic heterocycles. The smallest absolute Gasteiger partial charge is 0.258 e. The molecule has 0 spiro atoms. The van der Waals surface area contributed by atoms with Crippen molar-refractivity contribution in [3.8, 4) is 0 Å². The van der Waals surface area contributed by atoms with Gasteiger partial charge in [-0.2, -0.15) is 0 Å². The van der Waals surface area contributed by atoms with Gasteiger partial charge in [0.05, 0.1) is 17.2 Å². The van der Waals surface area contributed by atoms with Crippen LogP contribution in [0.15, 0.2) is 60.7 Å². The maximum atomic E-state index is 14.0. The zero-order valence-corrected chi connectivity index (χ0v) is 17.3. The Hall–Kier alpha value is -3.68. The molecule has 8 heteroatoms. The van der Waals surface area contributed by atoms with Gasteiger partial charge < -0.3 is 10.6 Å². The molecular formula is C24H20F4N2O2. The summed E-state index contributed by atoms with van der Waals surface area (Å²) in [7, 11) is 0. The molecule has 4 nitrogen and oxygen atoms in total. The number of carbonyl (C=O) groups is 2. The molecule has 0 bridgehead atoms. The molecule has 0 unspecified atom stereocenters. The van der Waals surface area contributed by atoms with Crippen molar-refractivity contribution in [1.29, 1.82) is 0 Å². The molecule has 3 aromatic rings. The Kier molecular flexibility index (Phi) is 6.92. The maximum absolute atomic E-state index is 14.0. The molecule has 0 aliphatic heterocycles. The summed E-state index contributed by atoms with van der Waals surface area (Å²) in [6.07, 6.45) is 0. The monoisotopic (exact) mass is 444 g/mol. The highest BCUT2D eigenvalue weighted by molar-refractivity contribution is 6.05. The Balaban J connectivity index is 1.89. The molecule has 3 aromatic carbocycles. The minimum Gasteiger partial charge on any atom is -0.345 e. The topological polar surface area (TPSA) is 58.2 Å². The third kappa shape index (κ3) is 5.14. The highest BCUT2D eigenvalue weighted by atomic mass is 19.1. The van der Waals surface area contributed by atoms with E-state index in [1.54, 1.807) is 24.3 Å². The van der Waals surface area contributed by atoms with Crippen LogP contribution in [0.1, 0.15) is 46.2 Å². The molecule has 0 heterocycles. The Morgan fingerprint density at radius 2 is 1.28 bits per heavy atom. The summed E-state index contributed by atoms with van der Waals surface area (Å²) in [5, 5.41) is 5.28. The van der Waals surface area contributed by atoms with Gasteiger partial charge >= 0.3 is 0 Å². The van der Waals surface area contributed by atoms with Crippen LogP contribution in [0.5, 0.6) is 0 Å². The number of hydrogen-bond acceptors (Lipinski definition) is 2. The second-order valence-electron chi connectivity index (χ2n) is 7.48. The van der Waals surface area contributed by atoms with Gasteiger partial charge in [-0.05, 0) is 41.8 Å². The summed E-state index contributed by atoms with van der Waals surface area (Å²) in [6, 6.07) is 11.1. The molecule has 2 amide bonds. The quantitative estimate of drug-likeness (QED) is 0.485. The lowest BCUT2D eigenvalue weighted by Gasteiger charge is -2.25. The first-order valence-electron chi connectivity index (χ1n) is 9.78. The predicted octanol–water partition coefficient (Wildman–Crippen LogP) is 5.62. The van der Waals surface area contributed by atoms with Crippen LogP contribution in [0.3, 0.4) is 0 Å². The number of anilines is 1. The van der Waals surface area contributed by atoms with Crippen molar-refractivity contribution in [1.82, 2.24) is 5.32 Å². The number of nitrogens with one attached hydrogen (secondary N) is 2. The van der Waals surface area contributed by atoms with Crippen molar-refractivity contribution in [2.45, 2.75) is 19.9 Å². The summed E-state index contributed by atoms with van der Waals surface area (Å²) in [4.78, 5) is 25.2. The molecule has 0 aliphatic rings. The van der Waals surface area contributed by atoms with E-state index in [1.165, 1.54) is 0 Å². The van der Waals surface area contributed by atoms with E-state index in [0.29, 0.717) is 23.4 Å². The Labute approximate surface area is 182 Å². The fourth-order valence-electron chi connectivity index (χ4n) is 3.24. The van der Waals surface area contributed by atoms with Crippen LogP contribution in [0.2, 0.25) is 0 Å². The summed E-state index contributed by atoms with van der Waals surface area (Å²) < 4.78 is 54.4. The number of amides is 2. The summed E-state index contributed by atoms with van der Waals surface area (Å²) in [5.74, 6) is -5.38. The highest BCUT2D eigenvalue weighted by Crippen LogP contribution is 2.29. The average Bonchev–Trinajstić information content (AvgIpc) is 2.72. The van der Waals surface area contributed by atoms with E-state index in [9.17, 15) is 27.2 Å². The Bertz CT molecular complexity index is 1160. The second-order valence-corrected chi connectivity index (χ2v) is 7.48. The molecule has 2 N–H and O–H groups in total. The van der Waals surface area contributed by atoms with Crippen LogP contribution in [0, 0.1) is 29.2 Å². The first kappa shape index (κ1) is 23.0. The fourth-order valence-corrected chi connectivity index (χ4v) is 3.24. The largest absolute Gasteiger partial charge is 0.345 e. The van der Waals surface area contributed by atoms with Gasteiger partial charge in [0.2, 0.25) is 0 Å². The molecule has 0 saturated carbocycles. The first-order chi connectivity index (χ1) is 15.2. The van der Waals surface area contributed by atoms with Crippen molar-refractivity contribution in [3.05, 3.63) is 101 Å². The Morgan fingerprint density at radius 3 is 1.81 bits per heavy atom. The van der Waals surface area contributed by atoms with E-state index in [-0.39, 0.29) is 17.0 Å². The third-order valence-electron chi connectivity index (χ3n) is 4.85. The van der Waals surface area contributed by atoms with Crippen molar-refractivity contribution in [2.24, 2.45) is 5.92 Å². The van der Waals surface area contributed by atoms with Gasteiger partial charge in [-0.25, -0.2) is 17.6 Å². The lowest BCUT2D eigenvalue weighted by atomic mass is 9.94. The van der Waals surface area contributed by atoms with Crippen LogP contribution < -0.4 is 10.6 Å². The van der Waals surface area contributed by atoms with Crippen LogP contribution in [0.4, 0.5) is 23.2 Å². The van der Waals surface area contributed by atoms with Crippen LogP contribution in [-0.2, 0) is 0 Å². The predicted molar refractivity (Wildman–Crippen MR) is 112 cm³/mol. The fraction of sp³-hybridized carbons (Fsp3) is 0.167. The highest BCUT2D eigenvalue weighted by Gasteiger charge is 2.24. The average molecular weight is 444 g/mol. The lowest BCUT2D eigenvalue weighted by Crippen LogP contribution is -2.33. The van der Waals surface area contributed by atoms with E-state index >= 15 is 0 Å². The van der Waals surface area contributed by atoms with E-state index in [4.69, 9.17) is 0 Å². The van der Waals surface area contributed by atoms with E-state index < -0.39 is 41.1 Å². The van der Waals surface area contributed by atoms with Gasteiger partial charge in [0.1, 0.15) is 23.3 Å². The van der Waals surface area contributed by atoms with Crippen molar-refractivity contribution < 1.29 is 27.2 Å². The zero-order valence-electron chi connectivity index (χ0n) is 17.3. The van der Waals surface area contributed by atoms with Crippen LogP contribution in [0.25, 0.3) is 0 Å². The number of para-hydroxylation sites is 1. The maximum Gasteiger partial charge on any atom is 0.258 e. The van der Waals surface area contributed by atoms with Gasteiger partial charge in [0.25, 0.3) is 11.8 Å². The SMILES string of the molecule is CC(C)[C@@H](NC(=O)c1ccc(F)cc1F)c1ccccc1NC(=O)c1ccc(F)cc1F. The normalized spacial score (nSPS) is 11.8. The minimum atomic E-state index is -1.01. The number of carbonyl (C=O) groups excluding carboxylic acids is 2. The second kappa shape index (κ2) is 9.64. The molecule has 32 heavy (non-hydrogen) atoms. The van der Waals surface area contributed by atoms with Crippen LogP contribution in [-0.4, -0.2) is 11.8 Å². The number of rotatable bonds is 6. The molecular weight excluding hydrogens is 424 g/mol. The zero-order chi connectivity index (χ0) is 23.4. The lowest BCUT2D eigenvalue weighted by molar-refractivity contribution is 0.0921. The van der Waals surface area contributed by atoms with Gasteiger partial charge in [-0.15, -0.1) is 0 Å². The molecule has 0 fully saturated rings. The Morgan fingerprint density at radius 1 is 0.750 bits per heavy atom. The molecule has 166 valence electrons. The van der Waals surface area contributed by atoms with Gasteiger partial charge in [0.15, 0.2) is 0 Å². The van der Waals surface area contributed by atoms with Crippen molar-refractivity contribution in [2.75, 3.05) is 5.32 Å². The summed E-state index contributed by atoms with van der Waals surface area (Å²) in [5.41, 5.74) is 0.112. The minimum absolute atomic E-state index is 0.192. The van der Waals surface area contributed by atoms with Gasteiger partial charge in [-0.1, -0.05) is 32.0 Å². The summed E-state index contributed by atoms with van der Waals surface area (Å²) in [6.45, 7) is 3.62. The molecule has 0 radical (unpaired) electrons. The van der Waals surface area contributed by atoms with E-state index in [2.05, 4.69) is 10.6 Å². The van der Waals surface area contributed by atoms with Crippen molar-refractivity contribution >= 4 is 17.5 Å². The molecule has 3 rings (SSSR count). The number of hydrogen-bond donors (Lipinski definition) is 2. The standard InChI is InChI=1S/C24H20F4N2O2/c1-13(2)22(30-24(32)17-10-8-15(26)12-20(17)28)18-5-3-4-6-21(18)29-23(31)16-9-7-14(25)11-19(16)27/h3-13,22H,1-2H3,(H,29,31)(H,30,32)/t22-/m1/s1. The summed E-state index contributed by atoms with van der Waals surface area (Å²) >= 11 is 0. The van der Waals surface area contributed by atoms with Gasteiger partial charge in [0, 0.05) is 17.8 Å². The van der Waals surface area contributed by atoms with Crippen molar-refractivity contribution in [3.63, 3.8) is 0 Å².